The van der Waals surface area contributed by atoms with E-state index in [0.29, 0.717) is 23.7 Å². The van der Waals surface area contributed by atoms with E-state index in [0.717, 1.165) is 51.4 Å². The summed E-state index contributed by atoms with van der Waals surface area (Å²) in [6.07, 6.45) is 4.74. The second kappa shape index (κ2) is 13.0. The number of aliphatic hydroxyl groups excluding tert-OH is 1. The highest BCUT2D eigenvalue weighted by atomic mass is 17.3. The van der Waals surface area contributed by atoms with Gasteiger partial charge in [0.1, 0.15) is 0 Å². The van der Waals surface area contributed by atoms with Crippen molar-refractivity contribution in [3.63, 3.8) is 0 Å². The summed E-state index contributed by atoms with van der Waals surface area (Å²) in [6, 6.07) is 0. The molecule has 2 saturated carbocycles. The fourth-order valence-electron chi connectivity index (χ4n) is 10.1. The lowest BCUT2D eigenvalue weighted by molar-refractivity contribution is -0.538. The van der Waals surface area contributed by atoms with Crippen LogP contribution in [0.2, 0.25) is 0 Å². The standard InChI is InChI=1S/2C15H23NO4.C4H6O5/c2*1-8-4-5-11-9(2)12(17)16-13-15(11)10(8)6-7-14(3,18-13)19-20-15;5-2(4(8)9)1-3(6)7/h2*8-11,13H,4-7H2,1-3H3,(H,16,17);2,5H,1H2,(H,6,7)(H,8,9)/t2*8-,9-,10+,11+,13-,14-,15-;2-/m111/s1. The van der Waals surface area contributed by atoms with Crippen molar-refractivity contribution in [2.24, 2.45) is 47.3 Å². The summed E-state index contributed by atoms with van der Waals surface area (Å²) in [5, 5.41) is 30.2. The Morgan fingerprint density at radius 1 is 0.694 bits per heavy atom. The first-order chi connectivity index (χ1) is 23.0. The molecule has 0 aromatic carbocycles. The summed E-state index contributed by atoms with van der Waals surface area (Å²) in [5.41, 5.74) is -0.998. The number of rotatable bonds is 3. The van der Waals surface area contributed by atoms with E-state index < -0.39 is 47.2 Å². The van der Waals surface area contributed by atoms with Crippen LogP contribution in [-0.2, 0) is 48.2 Å². The first-order valence-electron chi connectivity index (χ1n) is 17.8. The van der Waals surface area contributed by atoms with Crippen LogP contribution in [0.1, 0.15) is 99.3 Å². The molecule has 8 heterocycles. The fraction of sp³-hybridized carbons (Fsp3) is 0.882. The Labute approximate surface area is 285 Å². The molecular weight excluding hydrogens is 644 g/mol. The number of carbonyl (C=O) groups is 4. The van der Waals surface area contributed by atoms with Gasteiger partial charge in [-0.05, 0) is 76.0 Å². The minimum Gasteiger partial charge on any atom is -0.481 e. The molecule has 5 N–H and O–H groups in total. The first kappa shape index (κ1) is 36.4. The van der Waals surface area contributed by atoms with Crippen LogP contribution in [0, 0.1) is 47.3 Å². The third-order valence-electron chi connectivity index (χ3n) is 12.9. The Balaban J connectivity index is 0.000000138. The number of carboxylic acid groups (broad SMARTS) is 2. The van der Waals surface area contributed by atoms with Gasteiger partial charge in [-0.25, -0.2) is 24.3 Å². The lowest BCUT2D eigenvalue weighted by Crippen LogP contribution is -2.74. The van der Waals surface area contributed by atoms with Crippen molar-refractivity contribution in [3.05, 3.63) is 0 Å². The van der Waals surface area contributed by atoms with Crippen molar-refractivity contribution in [1.82, 2.24) is 10.6 Å². The van der Waals surface area contributed by atoms with Gasteiger partial charge in [0.25, 0.3) is 0 Å². The largest absolute Gasteiger partial charge is 0.481 e. The van der Waals surface area contributed by atoms with Crippen LogP contribution in [0.4, 0.5) is 0 Å². The number of amides is 2. The second-order valence-electron chi connectivity index (χ2n) is 16.0. The fourth-order valence-corrected chi connectivity index (χ4v) is 10.1. The molecule has 2 spiro atoms. The molecular formula is C34H52N2O13. The molecule has 8 saturated heterocycles. The summed E-state index contributed by atoms with van der Waals surface area (Å²) in [4.78, 5) is 67.2. The quantitative estimate of drug-likeness (QED) is 0.269. The summed E-state index contributed by atoms with van der Waals surface area (Å²) in [6.45, 7) is 12.4. The van der Waals surface area contributed by atoms with Crippen LogP contribution >= 0.6 is 0 Å². The van der Waals surface area contributed by atoms with Crippen LogP contribution in [0.15, 0.2) is 0 Å². The van der Waals surface area contributed by atoms with E-state index >= 15 is 0 Å². The van der Waals surface area contributed by atoms with E-state index in [4.69, 9.17) is 44.3 Å². The zero-order valence-corrected chi connectivity index (χ0v) is 29.1. The van der Waals surface area contributed by atoms with E-state index in [1.54, 1.807) is 0 Å². The predicted molar refractivity (Wildman–Crippen MR) is 166 cm³/mol. The SMILES string of the molecule is C[C@@H]1CC[C@H]2[C@@H](C)C(=O)N[C@@H]3O[C@@]4(C)CC[C@@H]1[C@]32OO4.C[C@@H]1CC[C@H]2[C@@H](C)C(=O)N[C@@H]3O[C@@]4(C)CC[C@@H]1[C@]32OO4.O=C(O)C[C@@H](O)C(=O)O. The lowest BCUT2D eigenvalue weighted by Gasteiger charge is -2.58. The normalized spacial score (nSPS) is 49.4. The zero-order valence-electron chi connectivity index (χ0n) is 29.1. The molecule has 2 amide bonds. The molecule has 15 heteroatoms. The van der Waals surface area contributed by atoms with E-state index in [-0.39, 0.29) is 47.9 Å². The van der Waals surface area contributed by atoms with Gasteiger partial charge < -0.3 is 35.4 Å². The molecule has 15 atom stereocenters. The Morgan fingerprint density at radius 3 is 1.45 bits per heavy atom. The second-order valence-corrected chi connectivity index (χ2v) is 16.0. The number of ether oxygens (including phenoxy) is 2. The Morgan fingerprint density at radius 2 is 1.10 bits per heavy atom. The molecule has 8 aliphatic heterocycles. The molecule has 0 unspecified atom stereocenters. The molecule has 49 heavy (non-hydrogen) atoms. The number of aliphatic hydroxyl groups is 1. The van der Waals surface area contributed by atoms with Crippen molar-refractivity contribution in [3.8, 4) is 0 Å². The maximum Gasteiger partial charge on any atom is 0.333 e. The predicted octanol–water partition coefficient (Wildman–Crippen LogP) is 2.84. The van der Waals surface area contributed by atoms with Crippen LogP contribution in [-0.4, -0.2) is 80.4 Å². The molecule has 2 aliphatic carbocycles. The number of fused-ring (bicyclic) bond motifs is 4. The summed E-state index contributed by atoms with van der Waals surface area (Å²) in [7, 11) is 0. The highest BCUT2D eigenvalue weighted by molar-refractivity contribution is 5.81. The van der Waals surface area contributed by atoms with Crippen molar-refractivity contribution in [2.75, 3.05) is 0 Å². The van der Waals surface area contributed by atoms with Gasteiger partial charge in [0.05, 0.1) is 6.42 Å². The third kappa shape index (κ3) is 6.06. The Bertz CT molecular complexity index is 1250. The minimum atomic E-state index is -1.79. The van der Waals surface area contributed by atoms with Gasteiger partial charge in [-0.3, -0.25) is 14.4 Å². The molecule has 4 bridgehead atoms. The third-order valence-corrected chi connectivity index (χ3v) is 12.9. The van der Waals surface area contributed by atoms with Gasteiger partial charge in [0.15, 0.2) is 29.8 Å². The maximum absolute atomic E-state index is 12.2. The van der Waals surface area contributed by atoms with Crippen molar-refractivity contribution in [2.45, 2.75) is 141 Å². The lowest BCUT2D eigenvalue weighted by atomic mass is 9.57. The highest BCUT2D eigenvalue weighted by Crippen LogP contribution is 2.60. The van der Waals surface area contributed by atoms with Crippen LogP contribution < -0.4 is 10.6 Å². The summed E-state index contributed by atoms with van der Waals surface area (Å²) in [5.74, 6) is -1.94. The van der Waals surface area contributed by atoms with E-state index in [1.165, 1.54) is 0 Å². The smallest absolute Gasteiger partial charge is 0.333 e. The van der Waals surface area contributed by atoms with Gasteiger partial charge in [-0.1, -0.05) is 27.7 Å². The molecule has 10 fully saturated rings. The Hall–Kier alpha value is -2.40. The number of hydrogen-bond acceptors (Lipinski definition) is 11. The number of hydrogen-bond donors (Lipinski definition) is 5. The first-order valence-corrected chi connectivity index (χ1v) is 17.8. The van der Waals surface area contributed by atoms with Crippen LogP contribution in [0.3, 0.4) is 0 Å². The molecule has 0 aromatic rings. The number of aliphatic carboxylic acids is 2. The molecule has 276 valence electrons. The highest BCUT2D eigenvalue weighted by Gasteiger charge is 2.70. The Kier molecular flexibility index (Phi) is 9.64. The van der Waals surface area contributed by atoms with Crippen molar-refractivity contribution in [1.29, 1.82) is 0 Å². The van der Waals surface area contributed by atoms with E-state index in [9.17, 15) is 19.2 Å². The topological polar surface area (TPSA) is 208 Å². The number of carbonyl (C=O) groups excluding carboxylic acids is 2. The monoisotopic (exact) mass is 696 g/mol. The van der Waals surface area contributed by atoms with Gasteiger partial charge >= 0.3 is 11.9 Å². The average Bonchev–Trinajstić information content (AvgIpc) is 3.40. The number of piperidine rings is 2. The van der Waals surface area contributed by atoms with Crippen molar-refractivity contribution < 1.29 is 63.5 Å². The van der Waals surface area contributed by atoms with Gasteiger partial charge in [-0.2, -0.15) is 0 Å². The zero-order chi connectivity index (χ0) is 35.7. The molecule has 10 aliphatic rings. The maximum atomic E-state index is 12.2. The number of carboxylic acids is 2. The molecule has 0 aromatic heterocycles. The summed E-state index contributed by atoms with van der Waals surface area (Å²) < 4.78 is 12.2. The van der Waals surface area contributed by atoms with Gasteiger partial charge in [0, 0.05) is 36.5 Å². The summed E-state index contributed by atoms with van der Waals surface area (Å²) >= 11 is 0. The minimum absolute atomic E-state index is 0.0455. The van der Waals surface area contributed by atoms with Crippen LogP contribution in [0.5, 0.6) is 0 Å². The van der Waals surface area contributed by atoms with Gasteiger partial charge in [0.2, 0.25) is 23.4 Å². The number of nitrogens with one attached hydrogen (secondary N) is 2. The molecule has 10 rings (SSSR count). The molecule has 0 radical (unpaired) electrons. The van der Waals surface area contributed by atoms with Gasteiger partial charge in [-0.15, -0.1) is 0 Å². The van der Waals surface area contributed by atoms with Crippen LogP contribution in [0.25, 0.3) is 0 Å². The van der Waals surface area contributed by atoms with E-state index in [2.05, 4.69) is 24.5 Å². The molecule has 15 nitrogen and oxygen atoms in total. The van der Waals surface area contributed by atoms with E-state index in [1.807, 2.05) is 27.7 Å². The van der Waals surface area contributed by atoms with Crippen molar-refractivity contribution >= 4 is 23.8 Å². The average molecular weight is 697 g/mol.